The lowest BCUT2D eigenvalue weighted by molar-refractivity contribution is 0.195. The highest BCUT2D eigenvalue weighted by Gasteiger charge is 2.28. The van der Waals surface area contributed by atoms with Gasteiger partial charge in [-0.1, -0.05) is 6.07 Å². The fourth-order valence-electron chi connectivity index (χ4n) is 2.80. The summed E-state index contributed by atoms with van der Waals surface area (Å²) in [4.78, 5) is 24.7. The molecule has 0 bridgehead atoms. The Labute approximate surface area is 147 Å². The van der Waals surface area contributed by atoms with Crippen molar-refractivity contribution in [2.24, 2.45) is 0 Å². The number of aryl methyl sites for hydroxylation is 1. The fourth-order valence-corrected chi connectivity index (χ4v) is 2.80. The van der Waals surface area contributed by atoms with Crippen LogP contribution in [0.15, 0.2) is 36.5 Å². The lowest BCUT2D eigenvalue weighted by Gasteiger charge is -2.20. The van der Waals surface area contributed by atoms with Gasteiger partial charge in [0.05, 0.1) is 6.54 Å². The summed E-state index contributed by atoms with van der Waals surface area (Å²) in [6.45, 7) is 3.09. The molecule has 1 atom stereocenters. The van der Waals surface area contributed by atoms with Gasteiger partial charge in [0.1, 0.15) is 11.9 Å². The van der Waals surface area contributed by atoms with E-state index in [1.165, 1.54) is 0 Å². The van der Waals surface area contributed by atoms with Crippen molar-refractivity contribution in [2.45, 2.75) is 19.4 Å². The second-order valence-electron chi connectivity index (χ2n) is 6.29. The van der Waals surface area contributed by atoms with Crippen molar-refractivity contribution in [1.29, 1.82) is 0 Å². The van der Waals surface area contributed by atoms with Gasteiger partial charge in [-0.2, -0.15) is 0 Å². The molecule has 132 valence electrons. The Balaban J connectivity index is 1.59. The van der Waals surface area contributed by atoms with E-state index >= 15 is 0 Å². The number of aromatic nitrogens is 2. The highest BCUT2D eigenvalue weighted by Crippen LogP contribution is 2.26. The van der Waals surface area contributed by atoms with Crippen LogP contribution in [0.5, 0.6) is 5.75 Å². The van der Waals surface area contributed by atoms with E-state index in [4.69, 9.17) is 4.74 Å². The smallest absolute Gasteiger partial charge is 0.323 e. The molecule has 0 aliphatic carbocycles. The SMILES string of the molecule is Cc1cccc(NC(=O)N2CC[C@@H](Oc3cccnc3N(C)C)C2)n1. The molecule has 1 aliphatic heterocycles. The van der Waals surface area contributed by atoms with E-state index < -0.39 is 0 Å². The molecule has 2 aromatic rings. The predicted octanol–water partition coefficient (Wildman–Crippen LogP) is 2.54. The number of urea groups is 1. The van der Waals surface area contributed by atoms with Crippen LogP contribution in [0, 0.1) is 6.92 Å². The van der Waals surface area contributed by atoms with E-state index in [9.17, 15) is 4.79 Å². The van der Waals surface area contributed by atoms with Crippen molar-refractivity contribution in [3.63, 3.8) is 0 Å². The zero-order chi connectivity index (χ0) is 17.8. The summed E-state index contributed by atoms with van der Waals surface area (Å²) in [7, 11) is 3.86. The summed E-state index contributed by atoms with van der Waals surface area (Å²) >= 11 is 0. The first-order valence-electron chi connectivity index (χ1n) is 8.31. The van der Waals surface area contributed by atoms with Gasteiger partial charge in [0.2, 0.25) is 0 Å². The fraction of sp³-hybridized carbons (Fsp3) is 0.389. The Morgan fingerprint density at radius 1 is 1.32 bits per heavy atom. The van der Waals surface area contributed by atoms with Crippen molar-refractivity contribution in [3.05, 3.63) is 42.2 Å². The van der Waals surface area contributed by atoms with Crippen LogP contribution in [0.25, 0.3) is 0 Å². The third kappa shape index (κ3) is 4.17. The van der Waals surface area contributed by atoms with Crippen LogP contribution in [0.1, 0.15) is 12.1 Å². The number of nitrogens with zero attached hydrogens (tertiary/aromatic N) is 4. The maximum atomic E-state index is 12.4. The summed E-state index contributed by atoms with van der Waals surface area (Å²) in [6, 6.07) is 9.16. The van der Waals surface area contributed by atoms with Crippen molar-refractivity contribution in [1.82, 2.24) is 14.9 Å². The Morgan fingerprint density at radius 3 is 2.92 bits per heavy atom. The van der Waals surface area contributed by atoms with Crippen molar-refractivity contribution in [3.8, 4) is 5.75 Å². The number of carbonyl (C=O) groups is 1. The number of ether oxygens (including phenoxy) is 1. The van der Waals surface area contributed by atoms with Crippen LogP contribution in [0.3, 0.4) is 0 Å². The molecule has 0 spiro atoms. The average molecular weight is 341 g/mol. The summed E-state index contributed by atoms with van der Waals surface area (Å²) < 4.78 is 6.08. The molecule has 1 N–H and O–H groups in total. The van der Waals surface area contributed by atoms with Crippen LogP contribution in [0.2, 0.25) is 0 Å². The van der Waals surface area contributed by atoms with Crippen molar-refractivity contribution in [2.75, 3.05) is 37.4 Å². The summed E-state index contributed by atoms with van der Waals surface area (Å²) in [5.74, 6) is 2.09. The van der Waals surface area contributed by atoms with Gasteiger partial charge in [-0.05, 0) is 31.2 Å². The molecule has 7 nitrogen and oxygen atoms in total. The monoisotopic (exact) mass is 341 g/mol. The standard InChI is InChI=1S/C18H23N5O2/c1-13-6-4-8-16(20-13)21-18(24)23-11-9-14(12-23)25-15-7-5-10-19-17(15)22(2)3/h4-8,10,14H,9,11-12H2,1-3H3,(H,20,21,24)/t14-/m1/s1. The number of likely N-dealkylation sites (tertiary alicyclic amines) is 1. The number of pyridine rings is 2. The number of anilines is 2. The van der Waals surface area contributed by atoms with E-state index in [1.807, 2.05) is 50.2 Å². The molecule has 3 rings (SSSR count). The average Bonchev–Trinajstić information content (AvgIpc) is 3.04. The molecule has 1 fully saturated rings. The Morgan fingerprint density at radius 2 is 2.16 bits per heavy atom. The zero-order valence-electron chi connectivity index (χ0n) is 14.8. The molecular weight excluding hydrogens is 318 g/mol. The summed E-state index contributed by atoms with van der Waals surface area (Å²) in [5, 5.41) is 2.84. The Hall–Kier alpha value is -2.83. The maximum Gasteiger partial charge on any atom is 0.323 e. The topological polar surface area (TPSA) is 70.6 Å². The van der Waals surface area contributed by atoms with Crippen LogP contribution in [-0.4, -0.2) is 54.2 Å². The first kappa shape index (κ1) is 17.0. The molecular formula is C18H23N5O2. The van der Waals surface area contributed by atoms with Crippen LogP contribution in [-0.2, 0) is 0 Å². The number of amides is 2. The van der Waals surface area contributed by atoms with E-state index in [0.717, 1.165) is 23.7 Å². The van der Waals surface area contributed by atoms with Crippen molar-refractivity contribution < 1.29 is 9.53 Å². The highest BCUT2D eigenvalue weighted by molar-refractivity contribution is 5.88. The molecule has 0 unspecified atom stereocenters. The number of rotatable bonds is 4. The quantitative estimate of drug-likeness (QED) is 0.925. The van der Waals surface area contributed by atoms with Gasteiger partial charge >= 0.3 is 6.03 Å². The van der Waals surface area contributed by atoms with Gasteiger partial charge in [0, 0.05) is 39.0 Å². The minimum Gasteiger partial charge on any atom is -0.485 e. The maximum absolute atomic E-state index is 12.4. The van der Waals surface area contributed by atoms with Crippen LogP contribution >= 0.6 is 0 Å². The highest BCUT2D eigenvalue weighted by atomic mass is 16.5. The minimum atomic E-state index is -0.150. The number of nitrogens with one attached hydrogen (secondary N) is 1. The first-order chi connectivity index (χ1) is 12.0. The van der Waals surface area contributed by atoms with E-state index in [0.29, 0.717) is 18.9 Å². The molecule has 0 radical (unpaired) electrons. The Kier molecular flexibility index (Phi) is 5.02. The molecule has 7 heteroatoms. The van der Waals surface area contributed by atoms with Gasteiger partial charge in [-0.3, -0.25) is 5.32 Å². The molecule has 2 amide bonds. The molecule has 25 heavy (non-hydrogen) atoms. The van der Waals surface area contributed by atoms with Gasteiger partial charge < -0.3 is 14.5 Å². The lowest BCUT2D eigenvalue weighted by Crippen LogP contribution is -2.34. The normalized spacial score (nSPS) is 16.6. The van der Waals surface area contributed by atoms with Gasteiger partial charge in [-0.25, -0.2) is 14.8 Å². The van der Waals surface area contributed by atoms with Crippen LogP contribution in [0.4, 0.5) is 16.4 Å². The van der Waals surface area contributed by atoms with E-state index in [-0.39, 0.29) is 12.1 Å². The second kappa shape index (κ2) is 7.38. The molecule has 3 heterocycles. The van der Waals surface area contributed by atoms with Gasteiger partial charge in [-0.15, -0.1) is 0 Å². The summed E-state index contributed by atoms with van der Waals surface area (Å²) in [6.07, 6.45) is 2.49. The molecule has 1 aliphatic rings. The Bertz CT molecular complexity index is 750. The van der Waals surface area contributed by atoms with E-state index in [2.05, 4.69) is 15.3 Å². The third-order valence-electron chi connectivity index (χ3n) is 4.02. The van der Waals surface area contributed by atoms with Gasteiger partial charge in [0.25, 0.3) is 0 Å². The molecule has 0 saturated carbocycles. The third-order valence-corrected chi connectivity index (χ3v) is 4.02. The number of hydrogen-bond acceptors (Lipinski definition) is 5. The summed E-state index contributed by atoms with van der Waals surface area (Å²) in [5.41, 5.74) is 0.869. The minimum absolute atomic E-state index is 0.0425. The number of hydrogen-bond donors (Lipinski definition) is 1. The zero-order valence-corrected chi connectivity index (χ0v) is 14.8. The van der Waals surface area contributed by atoms with E-state index in [1.54, 1.807) is 17.2 Å². The predicted molar refractivity (Wildman–Crippen MR) is 97.2 cm³/mol. The molecule has 2 aromatic heterocycles. The first-order valence-corrected chi connectivity index (χ1v) is 8.31. The van der Waals surface area contributed by atoms with Crippen LogP contribution < -0.4 is 15.0 Å². The number of carbonyl (C=O) groups excluding carboxylic acids is 1. The molecule has 0 aromatic carbocycles. The molecule has 1 saturated heterocycles. The largest absolute Gasteiger partial charge is 0.485 e. The van der Waals surface area contributed by atoms with Gasteiger partial charge in [0.15, 0.2) is 11.6 Å². The van der Waals surface area contributed by atoms with Crippen molar-refractivity contribution >= 4 is 17.7 Å². The second-order valence-corrected chi connectivity index (χ2v) is 6.29. The lowest BCUT2D eigenvalue weighted by atomic mass is 10.3.